The topological polar surface area (TPSA) is 70.6 Å². The van der Waals surface area contributed by atoms with Crippen molar-refractivity contribution in [3.05, 3.63) is 0 Å². The van der Waals surface area contributed by atoms with Gasteiger partial charge in [0.05, 0.1) is 0 Å². The number of ether oxygens (including phenoxy) is 1. The number of hydrogen-bond acceptors (Lipinski definition) is 4. The fourth-order valence-electron chi connectivity index (χ4n) is 2.10. The third-order valence-corrected chi connectivity index (χ3v) is 3.13. The summed E-state index contributed by atoms with van der Waals surface area (Å²) in [5.74, 6) is 0. The maximum absolute atomic E-state index is 11.5. The Hall–Kier alpha value is -0.810. The van der Waals surface area contributed by atoms with Crippen LogP contribution in [0.2, 0.25) is 0 Å². The smallest absolute Gasteiger partial charge is 0.407 e. The second-order valence-electron chi connectivity index (χ2n) is 6.25. The van der Waals surface area contributed by atoms with E-state index in [1.54, 1.807) is 0 Å². The number of carbonyl (C=O) groups is 1. The summed E-state index contributed by atoms with van der Waals surface area (Å²) in [7, 11) is 0. The highest BCUT2D eigenvalue weighted by molar-refractivity contribution is 5.68. The molecule has 1 aliphatic carbocycles. The molecule has 0 radical (unpaired) electrons. The SMILES string of the molecule is CC(C)(C)OC(=O)NC1CC(NCCCCCO)C1. The quantitative estimate of drug-likeness (QED) is 0.618. The average molecular weight is 272 g/mol. The monoisotopic (exact) mass is 272 g/mol. The molecule has 0 bridgehead atoms. The van der Waals surface area contributed by atoms with Crippen LogP contribution < -0.4 is 10.6 Å². The number of hydrogen-bond donors (Lipinski definition) is 3. The van der Waals surface area contributed by atoms with Gasteiger partial charge in [-0.05, 0) is 59.4 Å². The average Bonchev–Trinajstić information content (AvgIpc) is 2.22. The van der Waals surface area contributed by atoms with Crippen LogP contribution in [0.3, 0.4) is 0 Å². The van der Waals surface area contributed by atoms with E-state index in [4.69, 9.17) is 9.84 Å². The van der Waals surface area contributed by atoms with Crippen molar-refractivity contribution in [1.82, 2.24) is 10.6 Å². The van der Waals surface area contributed by atoms with E-state index in [0.29, 0.717) is 6.04 Å². The lowest BCUT2D eigenvalue weighted by Crippen LogP contribution is -2.53. The molecule has 0 spiro atoms. The largest absolute Gasteiger partial charge is 0.444 e. The molecule has 3 N–H and O–H groups in total. The number of alkyl carbamates (subject to hydrolysis) is 1. The highest BCUT2D eigenvalue weighted by atomic mass is 16.6. The molecule has 1 fully saturated rings. The number of unbranched alkanes of at least 4 members (excludes halogenated alkanes) is 2. The van der Waals surface area contributed by atoms with Crippen molar-refractivity contribution in [1.29, 1.82) is 0 Å². The van der Waals surface area contributed by atoms with Gasteiger partial charge in [-0.2, -0.15) is 0 Å². The molecule has 0 saturated heterocycles. The summed E-state index contributed by atoms with van der Waals surface area (Å²) < 4.78 is 5.21. The van der Waals surface area contributed by atoms with Gasteiger partial charge in [-0.1, -0.05) is 0 Å². The van der Waals surface area contributed by atoms with Crippen molar-refractivity contribution in [3.63, 3.8) is 0 Å². The first-order valence-electron chi connectivity index (χ1n) is 7.24. The Balaban J connectivity index is 1.99. The van der Waals surface area contributed by atoms with E-state index in [9.17, 15) is 4.79 Å². The number of aliphatic hydroxyl groups excluding tert-OH is 1. The van der Waals surface area contributed by atoms with Gasteiger partial charge < -0.3 is 20.5 Å². The van der Waals surface area contributed by atoms with Crippen molar-refractivity contribution in [2.45, 2.75) is 70.6 Å². The lowest BCUT2D eigenvalue weighted by Gasteiger charge is -2.36. The molecule has 0 aromatic carbocycles. The zero-order valence-corrected chi connectivity index (χ0v) is 12.4. The zero-order valence-electron chi connectivity index (χ0n) is 12.4. The normalized spacial score (nSPS) is 22.7. The first-order valence-corrected chi connectivity index (χ1v) is 7.24. The fraction of sp³-hybridized carbons (Fsp3) is 0.929. The predicted octanol–water partition coefficient (Wildman–Crippen LogP) is 1.79. The Morgan fingerprint density at radius 3 is 2.47 bits per heavy atom. The van der Waals surface area contributed by atoms with Crippen LogP contribution in [0.4, 0.5) is 4.79 Å². The van der Waals surface area contributed by atoms with Gasteiger partial charge in [-0.15, -0.1) is 0 Å². The summed E-state index contributed by atoms with van der Waals surface area (Å²) >= 11 is 0. The molecule has 1 aliphatic rings. The van der Waals surface area contributed by atoms with Crippen LogP contribution >= 0.6 is 0 Å². The van der Waals surface area contributed by atoms with Crippen molar-refractivity contribution >= 4 is 6.09 Å². The Morgan fingerprint density at radius 2 is 1.89 bits per heavy atom. The third kappa shape index (κ3) is 7.38. The van der Waals surface area contributed by atoms with E-state index in [0.717, 1.165) is 38.6 Å². The molecule has 0 aromatic heterocycles. The minimum Gasteiger partial charge on any atom is -0.444 e. The number of carbonyl (C=O) groups excluding carboxylic acids is 1. The molecular weight excluding hydrogens is 244 g/mol. The Morgan fingerprint density at radius 1 is 1.21 bits per heavy atom. The van der Waals surface area contributed by atoms with E-state index in [2.05, 4.69) is 10.6 Å². The molecule has 0 atom stereocenters. The summed E-state index contributed by atoms with van der Waals surface area (Å²) in [6.07, 6.45) is 4.67. The summed E-state index contributed by atoms with van der Waals surface area (Å²) in [5.41, 5.74) is -0.432. The van der Waals surface area contributed by atoms with E-state index in [-0.39, 0.29) is 18.7 Å². The van der Waals surface area contributed by atoms with Crippen LogP contribution in [0.15, 0.2) is 0 Å². The number of aliphatic hydroxyl groups is 1. The summed E-state index contributed by atoms with van der Waals surface area (Å²) in [6, 6.07) is 0.749. The highest BCUT2D eigenvalue weighted by Crippen LogP contribution is 2.20. The molecule has 19 heavy (non-hydrogen) atoms. The number of rotatable bonds is 7. The van der Waals surface area contributed by atoms with Crippen LogP contribution in [0, 0.1) is 0 Å². The molecule has 0 heterocycles. The summed E-state index contributed by atoms with van der Waals surface area (Å²) in [4.78, 5) is 11.5. The predicted molar refractivity (Wildman–Crippen MR) is 75.1 cm³/mol. The van der Waals surface area contributed by atoms with Gasteiger partial charge in [0.25, 0.3) is 0 Å². The molecule has 0 unspecified atom stereocenters. The third-order valence-electron chi connectivity index (χ3n) is 3.13. The molecule has 5 nitrogen and oxygen atoms in total. The summed E-state index contributed by atoms with van der Waals surface area (Å²) in [5, 5.41) is 15.0. The second kappa shape index (κ2) is 7.70. The minimum absolute atomic E-state index is 0.241. The first-order chi connectivity index (χ1) is 8.90. The van der Waals surface area contributed by atoms with Gasteiger partial charge in [-0.3, -0.25) is 0 Å². The zero-order chi connectivity index (χ0) is 14.3. The number of nitrogens with one attached hydrogen (secondary N) is 2. The highest BCUT2D eigenvalue weighted by Gasteiger charge is 2.30. The van der Waals surface area contributed by atoms with E-state index < -0.39 is 5.60 Å². The van der Waals surface area contributed by atoms with Crippen molar-refractivity contribution < 1.29 is 14.6 Å². The molecule has 1 rings (SSSR count). The standard InChI is InChI=1S/C14H28N2O3/c1-14(2,3)19-13(18)16-12-9-11(10-12)15-7-5-4-6-8-17/h11-12,15,17H,4-10H2,1-3H3,(H,16,18). The van der Waals surface area contributed by atoms with Crippen LogP contribution in [0.25, 0.3) is 0 Å². The van der Waals surface area contributed by atoms with E-state index in [1.807, 2.05) is 20.8 Å². The van der Waals surface area contributed by atoms with Gasteiger partial charge in [-0.25, -0.2) is 4.79 Å². The van der Waals surface area contributed by atoms with Gasteiger partial charge >= 0.3 is 6.09 Å². The molecular formula is C14H28N2O3. The molecule has 0 aromatic rings. The Bertz CT molecular complexity index is 270. The van der Waals surface area contributed by atoms with Crippen molar-refractivity contribution in [2.75, 3.05) is 13.2 Å². The van der Waals surface area contributed by atoms with Crippen LogP contribution in [0.1, 0.15) is 52.9 Å². The molecule has 5 heteroatoms. The van der Waals surface area contributed by atoms with Crippen LogP contribution in [-0.2, 0) is 4.74 Å². The molecule has 1 amide bonds. The number of amides is 1. The van der Waals surface area contributed by atoms with Crippen LogP contribution in [0.5, 0.6) is 0 Å². The van der Waals surface area contributed by atoms with Crippen molar-refractivity contribution in [3.8, 4) is 0 Å². The van der Waals surface area contributed by atoms with Gasteiger partial charge in [0.2, 0.25) is 0 Å². The molecule has 0 aliphatic heterocycles. The van der Waals surface area contributed by atoms with Gasteiger partial charge in [0.1, 0.15) is 5.60 Å². The Labute approximate surface area is 116 Å². The van der Waals surface area contributed by atoms with E-state index >= 15 is 0 Å². The maximum atomic E-state index is 11.5. The molecule has 1 saturated carbocycles. The van der Waals surface area contributed by atoms with Crippen LogP contribution in [-0.4, -0.2) is 42.0 Å². The minimum atomic E-state index is -0.432. The summed E-state index contributed by atoms with van der Waals surface area (Å²) in [6.45, 7) is 6.87. The lowest BCUT2D eigenvalue weighted by molar-refractivity contribution is 0.0465. The Kier molecular flexibility index (Phi) is 6.58. The second-order valence-corrected chi connectivity index (χ2v) is 6.25. The maximum Gasteiger partial charge on any atom is 0.407 e. The lowest BCUT2D eigenvalue weighted by atomic mass is 9.87. The van der Waals surface area contributed by atoms with Gasteiger partial charge in [0, 0.05) is 18.7 Å². The first kappa shape index (κ1) is 16.2. The fourth-order valence-corrected chi connectivity index (χ4v) is 2.10. The van der Waals surface area contributed by atoms with Gasteiger partial charge in [0.15, 0.2) is 0 Å². The van der Waals surface area contributed by atoms with E-state index in [1.165, 1.54) is 0 Å². The molecule has 112 valence electrons. The van der Waals surface area contributed by atoms with Crippen molar-refractivity contribution in [2.24, 2.45) is 0 Å².